The number of hydrogen-bond acceptors (Lipinski definition) is 2. The van der Waals surface area contributed by atoms with Crippen LogP contribution >= 0.6 is 0 Å². The average molecular weight is 144 g/mol. The van der Waals surface area contributed by atoms with Gasteiger partial charge in [0.2, 0.25) is 0 Å². The summed E-state index contributed by atoms with van der Waals surface area (Å²) in [4.78, 5) is 0. The lowest BCUT2D eigenvalue weighted by Crippen LogP contribution is -2.39. The molecule has 0 aromatic heterocycles. The molecule has 2 heteroatoms. The Hall–Kier alpha value is -0.0800. The van der Waals surface area contributed by atoms with Gasteiger partial charge in [-0.25, -0.2) is 0 Å². The Labute approximate surface area is 64.2 Å². The Morgan fingerprint density at radius 2 is 1.80 bits per heavy atom. The van der Waals surface area contributed by atoms with Crippen molar-refractivity contribution in [3.8, 4) is 0 Å². The van der Waals surface area contributed by atoms with Gasteiger partial charge in [0.05, 0.1) is 0 Å². The van der Waals surface area contributed by atoms with Crippen LogP contribution in [-0.2, 0) is 0 Å². The fraction of sp³-hybridized carbons (Fsp3) is 1.00. The highest BCUT2D eigenvalue weighted by Gasteiger charge is 2.13. The number of nitrogens with two attached hydrogens (primary N) is 1. The molecule has 2 nitrogen and oxygen atoms in total. The number of likely N-dealkylation sites (N-methyl/N-ethyl adjacent to an activating group) is 1. The van der Waals surface area contributed by atoms with Crippen molar-refractivity contribution in [2.75, 3.05) is 13.6 Å². The molecule has 0 heterocycles. The van der Waals surface area contributed by atoms with Crippen LogP contribution in [0.5, 0.6) is 0 Å². The van der Waals surface area contributed by atoms with Gasteiger partial charge in [-0.3, -0.25) is 0 Å². The number of rotatable bonds is 5. The highest BCUT2D eigenvalue weighted by Crippen LogP contribution is 2.11. The number of nitrogens with one attached hydrogen (secondary N) is 1. The van der Waals surface area contributed by atoms with Gasteiger partial charge >= 0.3 is 0 Å². The molecule has 0 aliphatic rings. The SMILES string of the molecule is CCC(CC)[C@@H](CN)NC. The van der Waals surface area contributed by atoms with Crippen LogP contribution < -0.4 is 11.1 Å². The zero-order chi connectivity index (χ0) is 7.98. The van der Waals surface area contributed by atoms with Gasteiger partial charge in [0.1, 0.15) is 0 Å². The molecule has 0 saturated carbocycles. The van der Waals surface area contributed by atoms with Crippen molar-refractivity contribution in [3.05, 3.63) is 0 Å². The predicted octanol–water partition coefficient (Wildman–Crippen LogP) is 0.969. The first-order valence-corrected chi connectivity index (χ1v) is 4.17. The lowest BCUT2D eigenvalue weighted by Gasteiger charge is -2.22. The van der Waals surface area contributed by atoms with Crippen LogP contribution in [0, 0.1) is 5.92 Å². The van der Waals surface area contributed by atoms with Crippen LogP contribution in [0.1, 0.15) is 26.7 Å². The van der Waals surface area contributed by atoms with Crippen molar-refractivity contribution >= 4 is 0 Å². The van der Waals surface area contributed by atoms with Crippen LogP contribution in [0.3, 0.4) is 0 Å². The summed E-state index contributed by atoms with van der Waals surface area (Å²) in [7, 11) is 1.98. The topological polar surface area (TPSA) is 38.0 Å². The summed E-state index contributed by atoms with van der Waals surface area (Å²) < 4.78 is 0. The normalized spacial score (nSPS) is 14.1. The third-order valence-corrected chi connectivity index (χ3v) is 2.24. The van der Waals surface area contributed by atoms with E-state index in [9.17, 15) is 0 Å². The monoisotopic (exact) mass is 144 g/mol. The molecular weight excluding hydrogens is 124 g/mol. The molecule has 0 unspecified atom stereocenters. The van der Waals surface area contributed by atoms with E-state index in [-0.39, 0.29) is 0 Å². The maximum absolute atomic E-state index is 5.57. The molecule has 10 heavy (non-hydrogen) atoms. The van der Waals surface area contributed by atoms with Crippen LogP contribution in [0.2, 0.25) is 0 Å². The minimum absolute atomic E-state index is 0.509. The third-order valence-electron chi connectivity index (χ3n) is 2.24. The standard InChI is InChI=1S/C8H20N2/c1-4-7(5-2)8(6-9)10-3/h7-8,10H,4-6,9H2,1-3H3/t8-/m1/s1. The second-order valence-electron chi connectivity index (χ2n) is 2.71. The van der Waals surface area contributed by atoms with E-state index < -0.39 is 0 Å². The molecule has 1 atom stereocenters. The number of hydrogen-bond donors (Lipinski definition) is 2. The van der Waals surface area contributed by atoms with Gasteiger partial charge in [0.25, 0.3) is 0 Å². The molecule has 0 radical (unpaired) electrons. The molecule has 0 aliphatic heterocycles. The van der Waals surface area contributed by atoms with Crippen LogP contribution in [0.4, 0.5) is 0 Å². The van der Waals surface area contributed by atoms with Crippen molar-refractivity contribution < 1.29 is 0 Å². The molecule has 3 N–H and O–H groups in total. The fourth-order valence-electron chi connectivity index (χ4n) is 1.40. The second-order valence-corrected chi connectivity index (χ2v) is 2.71. The zero-order valence-electron chi connectivity index (χ0n) is 7.35. The first-order chi connectivity index (χ1) is 4.79. The lowest BCUT2D eigenvalue weighted by atomic mass is 9.94. The summed E-state index contributed by atoms with van der Waals surface area (Å²) >= 11 is 0. The fourth-order valence-corrected chi connectivity index (χ4v) is 1.40. The van der Waals surface area contributed by atoms with Crippen LogP contribution in [-0.4, -0.2) is 19.6 Å². The molecular formula is C8H20N2. The van der Waals surface area contributed by atoms with Gasteiger partial charge in [-0.05, 0) is 13.0 Å². The van der Waals surface area contributed by atoms with Crippen molar-refractivity contribution in [1.29, 1.82) is 0 Å². The molecule has 62 valence electrons. The summed E-state index contributed by atoms with van der Waals surface area (Å²) in [6, 6.07) is 0.509. The minimum atomic E-state index is 0.509. The summed E-state index contributed by atoms with van der Waals surface area (Å²) in [5, 5.41) is 3.23. The van der Waals surface area contributed by atoms with Crippen LogP contribution in [0.25, 0.3) is 0 Å². The molecule has 0 bridgehead atoms. The maximum Gasteiger partial charge on any atom is 0.0215 e. The second kappa shape index (κ2) is 5.69. The average Bonchev–Trinajstić information content (AvgIpc) is 2.00. The highest BCUT2D eigenvalue weighted by atomic mass is 14.9. The zero-order valence-corrected chi connectivity index (χ0v) is 7.35. The Balaban J connectivity index is 3.70. The molecule has 0 spiro atoms. The summed E-state index contributed by atoms with van der Waals surface area (Å²) in [5.41, 5.74) is 5.57. The van der Waals surface area contributed by atoms with E-state index in [1.807, 2.05) is 7.05 Å². The van der Waals surface area contributed by atoms with Crippen molar-refractivity contribution in [1.82, 2.24) is 5.32 Å². The highest BCUT2D eigenvalue weighted by molar-refractivity contribution is 4.73. The smallest absolute Gasteiger partial charge is 0.0215 e. The van der Waals surface area contributed by atoms with Gasteiger partial charge < -0.3 is 11.1 Å². The van der Waals surface area contributed by atoms with Crippen molar-refractivity contribution in [3.63, 3.8) is 0 Å². The summed E-state index contributed by atoms with van der Waals surface area (Å²) in [6.45, 7) is 5.19. The molecule has 0 aromatic carbocycles. The Bertz CT molecular complexity index is 55.7. The van der Waals surface area contributed by atoms with E-state index >= 15 is 0 Å². The lowest BCUT2D eigenvalue weighted by molar-refractivity contribution is 0.357. The molecule has 0 amide bonds. The Kier molecular flexibility index (Phi) is 5.64. The Morgan fingerprint density at radius 3 is 1.90 bits per heavy atom. The van der Waals surface area contributed by atoms with E-state index in [0.717, 1.165) is 12.5 Å². The van der Waals surface area contributed by atoms with E-state index in [1.165, 1.54) is 12.8 Å². The van der Waals surface area contributed by atoms with Crippen molar-refractivity contribution in [2.24, 2.45) is 11.7 Å². The van der Waals surface area contributed by atoms with Gasteiger partial charge in [-0.15, -0.1) is 0 Å². The first-order valence-electron chi connectivity index (χ1n) is 4.17. The molecule has 0 aromatic rings. The third kappa shape index (κ3) is 2.67. The molecule has 0 rings (SSSR count). The minimum Gasteiger partial charge on any atom is -0.329 e. The molecule has 0 saturated heterocycles. The van der Waals surface area contributed by atoms with Crippen molar-refractivity contribution in [2.45, 2.75) is 32.7 Å². The van der Waals surface area contributed by atoms with E-state index in [2.05, 4.69) is 19.2 Å². The largest absolute Gasteiger partial charge is 0.329 e. The van der Waals surface area contributed by atoms with Gasteiger partial charge in [-0.1, -0.05) is 26.7 Å². The van der Waals surface area contributed by atoms with E-state index in [1.54, 1.807) is 0 Å². The summed E-state index contributed by atoms with van der Waals surface area (Å²) in [6.07, 6.45) is 2.44. The van der Waals surface area contributed by atoms with Gasteiger partial charge in [0, 0.05) is 12.6 Å². The van der Waals surface area contributed by atoms with Gasteiger partial charge in [0.15, 0.2) is 0 Å². The van der Waals surface area contributed by atoms with Gasteiger partial charge in [-0.2, -0.15) is 0 Å². The Morgan fingerprint density at radius 1 is 1.30 bits per heavy atom. The predicted molar refractivity (Wildman–Crippen MR) is 46.0 cm³/mol. The van der Waals surface area contributed by atoms with Crippen LogP contribution in [0.15, 0.2) is 0 Å². The molecule has 0 aliphatic carbocycles. The quantitative estimate of drug-likeness (QED) is 0.603. The first kappa shape index (κ1) is 9.92. The van der Waals surface area contributed by atoms with E-state index in [4.69, 9.17) is 5.73 Å². The van der Waals surface area contributed by atoms with E-state index in [0.29, 0.717) is 6.04 Å². The summed E-state index contributed by atoms with van der Waals surface area (Å²) in [5.74, 6) is 0.745. The maximum atomic E-state index is 5.57. The molecule has 0 fully saturated rings.